The molecule has 2 nitrogen and oxygen atoms in total. The zero-order valence-electron chi connectivity index (χ0n) is 12.9. The Bertz CT molecular complexity index is 588. The molecule has 2 aromatic rings. The van der Waals surface area contributed by atoms with Crippen LogP contribution in [0.3, 0.4) is 0 Å². The molecule has 2 aromatic carbocycles. The van der Waals surface area contributed by atoms with Crippen molar-refractivity contribution in [2.75, 3.05) is 7.11 Å². The van der Waals surface area contributed by atoms with Gasteiger partial charge in [0, 0.05) is 0 Å². The summed E-state index contributed by atoms with van der Waals surface area (Å²) in [6.07, 6.45) is 0. The maximum Gasteiger partial charge on any atom is 0.124 e. The van der Waals surface area contributed by atoms with E-state index < -0.39 is 0 Å². The van der Waals surface area contributed by atoms with Crippen molar-refractivity contribution < 1.29 is 4.74 Å². The fraction of sp³-hybridized carbons (Fsp3) is 0.333. The van der Waals surface area contributed by atoms with Gasteiger partial charge in [0.15, 0.2) is 0 Å². The van der Waals surface area contributed by atoms with Gasteiger partial charge in [0.05, 0.1) is 13.2 Å². The first-order chi connectivity index (χ1) is 9.45. The molecule has 0 aliphatic carbocycles. The lowest BCUT2D eigenvalue weighted by Gasteiger charge is -2.20. The van der Waals surface area contributed by atoms with Crippen molar-refractivity contribution >= 4 is 0 Å². The van der Waals surface area contributed by atoms with E-state index in [-0.39, 0.29) is 6.04 Å². The van der Waals surface area contributed by atoms with Gasteiger partial charge in [0.2, 0.25) is 0 Å². The number of hydrogen-bond acceptors (Lipinski definition) is 2. The minimum atomic E-state index is -0.0977. The largest absolute Gasteiger partial charge is 0.496 e. The summed E-state index contributed by atoms with van der Waals surface area (Å²) in [5.41, 5.74) is 13.6. The number of nitrogens with two attached hydrogens (primary N) is 1. The van der Waals surface area contributed by atoms with Gasteiger partial charge in [-0.1, -0.05) is 30.3 Å². The van der Waals surface area contributed by atoms with Gasteiger partial charge in [0.1, 0.15) is 5.75 Å². The van der Waals surface area contributed by atoms with E-state index in [1.807, 2.05) is 0 Å². The predicted molar refractivity (Wildman–Crippen MR) is 84.4 cm³/mol. The van der Waals surface area contributed by atoms with Crippen LogP contribution >= 0.6 is 0 Å². The molecule has 0 fully saturated rings. The van der Waals surface area contributed by atoms with Gasteiger partial charge >= 0.3 is 0 Å². The zero-order chi connectivity index (χ0) is 14.9. The first-order valence-electron chi connectivity index (χ1n) is 6.92. The number of methoxy groups -OCH3 is 1. The van der Waals surface area contributed by atoms with E-state index >= 15 is 0 Å². The predicted octanol–water partition coefficient (Wildman–Crippen LogP) is 3.98. The van der Waals surface area contributed by atoms with Crippen LogP contribution in [0.15, 0.2) is 30.3 Å². The Labute approximate surface area is 121 Å². The van der Waals surface area contributed by atoms with E-state index in [1.165, 1.54) is 16.7 Å². The SMILES string of the molecule is COc1c(C)cc(C(N)c2c(C)cccc2C)cc1C. The van der Waals surface area contributed by atoms with Crippen molar-refractivity contribution in [3.8, 4) is 5.75 Å². The third-order valence-corrected chi connectivity index (χ3v) is 3.90. The highest BCUT2D eigenvalue weighted by molar-refractivity contribution is 5.48. The molecule has 0 aliphatic heterocycles. The van der Waals surface area contributed by atoms with Crippen LogP contribution in [0.1, 0.15) is 39.4 Å². The van der Waals surface area contributed by atoms with Crippen LogP contribution < -0.4 is 10.5 Å². The van der Waals surface area contributed by atoms with Crippen molar-refractivity contribution in [2.45, 2.75) is 33.7 Å². The molecule has 1 atom stereocenters. The Morgan fingerprint density at radius 2 is 1.40 bits per heavy atom. The smallest absolute Gasteiger partial charge is 0.124 e. The lowest BCUT2D eigenvalue weighted by atomic mass is 9.90. The third kappa shape index (κ3) is 2.56. The fourth-order valence-electron chi connectivity index (χ4n) is 2.97. The minimum absolute atomic E-state index is 0.0977. The molecule has 2 heteroatoms. The van der Waals surface area contributed by atoms with E-state index in [4.69, 9.17) is 10.5 Å². The monoisotopic (exact) mass is 269 g/mol. The highest BCUT2D eigenvalue weighted by atomic mass is 16.5. The van der Waals surface area contributed by atoms with Crippen LogP contribution in [0.25, 0.3) is 0 Å². The fourth-order valence-corrected chi connectivity index (χ4v) is 2.97. The van der Waals surface area contributed by atoms with Crippen molar-refractivity contribution in [3.05, 3.63) is 63.7 Å². The Morgan fingerprint density at radius 3 is 1.85 bits per heavy atom. The van der Waals surface area contributed by atoms with Crippen molar-refractivity contribution in [3.63, 3.8) is 0 Å². The number of aryl methyl sites for hydroxylation is 4. The van der Waals surface area contributed by atoms with E-state index in [9.17, 15) is 0 Å². The summed E-state index contributed by atoms with van der Waals surface area (Å²) in [5.74, 6) is 0.947. The Kier molecular flexibility index (Phi) is 4.15. The van der Waals surface area contributed by atoms with Crippen molar-refractivity contribution in [1.82, 2.24) is 0 Å². The van der Waals surface area contributed by atoms with Gasteiger partial charge in [-0.3, -0.25) is 0 Å². The minimum Gasteiger partial charge on any atom is -0.496 e. The first kappa shape index (κ1) is 14.6. The number of hydrogen-bond donors (Lipinski definition) is 1. The molecule has 0 bridgehead atoms. The summed E-state index contributed by atoms with van der Waals surface area (Å²) in [6.45, 7) is 8.36. The Balaban J connectivity index is 2.52. The highest BCUT2D eigenvalue weighted by Gasteiger charge is 2.16. The lowest BCUT2D eigenvalue weighted by Crippen LogP contribution is -2.15. The molecule has 0 heterocycles. The van der Waals surface area contributed by atoms with Crippen LogP contribution in [0.2, 0.25) is 0 Å². The average molecular weight is 269 g/mol. The second kappa shape index (κ2) is 5.68. The number of benzene rings is 2. The molecule has 0 radical (unpaired) electrons. The number of rotatable bonds is 3. The van der Waals surface area contributed by atoms with E-state index in [1.54, 1.807) is 7.11 Å². The van der Waals surface area contributed by atoms with Gasteiger partial charge in [-0.25, -0.2) is 0 Å². The maximum atomic E-state index is 6.51. The Hall–Kier alpha value is -1.80. The number of ether oxygens (including phenoxy) is 1. The molecule has 2 rings (SSSR count). The van der Waals surface area contributed by atoms with Gasteiger partial charge < -0.3 is 10.5 Å². The zero-order valence-corrected chi connectivity index (χ0v) is 12.9. The molecule has 106 valence electrons. The summed E-state index contributed by atoms with van der Waals surface area (Å²) in [7, 11) is 1.71. The second-order valence-electron chi connectivity index (χ2n) is 5.47. The van der Waals surface area contributed by atoms with Gasteiger partial charge in [0.25, 0.3) is 0 Å². The average Bonchev–Trinajstić information content (AvgIpc) is 2.37. The Morgan fingerprint density at radius 1 is 0.900 bits per heavy atom. The van der Waals surface area contributed by atoms with E-state index in [2.05, 4.69) is 58.0 Å². The third-order valence-electron chi connectivity index (χ3n) is 3.90. The van der Waals surface area contributed by atoms with E-state index in [0.717, 1.165) is 22.4 Å². The molecule has 20 heavy (non-hydrogen) atoms. The van der Waals surface area contributed by atoms with Gasteiger partial charge in [-0.15, -0.1) is 0 Å². The van der Waals surface area contributed by atoms with Gasteiger partial charge in [-0.05, 0) is 61.1 Å². The van der Waals surface area contributed by atoms with Crippen molar-refractivity contribution in [2.24, 2.45) is 5.73 Å². The van der Waals surface area contributed by atoms with Crippen LogP contribution in [-0.2, 0) is 0 Å². The normalized spacial score (nSPS) is 12.3. The molecule has 0 aromatic heterocycles. The first-order valence-corrected chi connectivity index (χ1v) is 6.92. The highest BCUT2D eigenvalue weighted by Crippen LogP contribution is 2.31. The van der Waals surface area contributed by atoms with Crippen LogP contribution in [0.5, 0.6) is 5.75 Å². The van der Waals surface area contributed by atoms with E-state index in [0.29, 0.717) is 0 Å². The molecular weight excluding hydrogens is 246 g/mol. The molecule has 0 spiro atoms. The maximum absolute atomic E-state index is 6.51. The standard InChI is InChI=1S/C18H23NO/c1-11-7-6-8-12(2)16(11)17(19)15-9-13(3)18(20-5)14(4)10-15/h6-10,17H,19H2,1-5H3. The quantitative estimate of drug-likeness (QED) is 0.914. The summed E-state index contributed by atoms with van der Waals surface area (Å²) in [4.78, 5) is 0. The molecule has 2 N–H and O–H groups in total. The summed E-state index contributed by atoms with van der Waals surface area (Å²) in [6, 6.07) is 10.5. The van der Waals surface area contributed by atoms with Crippen LogP contribution in [0, 0.1) is 27.7 Å². The summed E-state index contributed by atoms with van der Waals surface area (Å²) < 4.78 is 5.42. The molecule has 1 unspecified atom stereocenters. The van der Waals surface area contributed by atoms with Crippen LogP contribution in [0.4, 0.5) is 0 Å². The molecule has 0 saturated carbocycles. The molecule has 0 saturated heterocycles. The molecule has 0 aliphatic rings. The lowest BCUT2D eigenvalue weighted by molar-refractivity contribution is 0.408. The second-order valence-corrected chi connectivity index (χ2v) is 5.47. The summed E-state index contributed by atoms with van der Waals surface area (Å²) >= 11 is 0. The summed E-state index contributed by atoms with van der Waals surface area (Å²) in [5, 5.41) is 0. The van der Waals surface area contributed by atoms with Crippen LogP contribution in [-0.4, -0.2) is 7.11 Å². The van der Waals surface area contributed by atoms with Gasteiger partial charge in [-0.2, -0.15) is 0 Å². The topological polar surface area (TPSA) is 35.2 Å². The van der Waals surface area contributed by atoms with Crippen molar-refractivity contribution in [1.29, 1.82) is 0 Å². The molecule has 0 amide bonds. The molecular formula is C18H23NO.